The van der Waals surface area contributed by atoms with Gasteiger partial charge in [0.25, 0.3) is 0 Å². The first-order valence-corrected chi connectivity index (χ1v) is 9.02. The van der Waals surface area contributed by atoms with Crippen LogP contribution in [-0.2, 0) is 10.0 Å². The van der Waals surface area contributed by atoms with Crippen molar-refractivity contribution < 1.29 is 8.42 Å². The van der Waals surface area contributed by atoms with Crippen LogP contribution in [0.3, 0.4) is 0 Å². The van der Waals surface area contributed by atoms with E-state index in [-0.39, 0.29) is 6.04 Å². The number of aryl methyl sites for hydroxylation is 1. The lowest BCUT2D eigenvalue weighted by Crippen LogP contribution is -2.38. The van der Waals surface area contributed by atoms with Gasteiger partial charge in [-0.3, -0.25) is 0 Å². The van der Waals surface area contributed by atoms with Crippen LogP contribution >= 0.6 is 15.9 Å². The van der Waals surface area contributed by atoms with Crippen LogP contribution in [0, 0.1) is 18.8 Å². The maximum atomic E-state index is 12.5. The normalized spacial score (nSPS) is 29.9. The molecule has 0 radical (unpaired) electrons. The van der Waals surface area contributed by atoms with Crippen molar-refractivity contribution in [3.05, 3.63) is 28.2 Å². The first-order valence-electron chi connectivity index (χ1n) is 6.74. The van der Waals surface area contributed by atoms with Crippen molar-refractivity contribution in [1.29, 1.82) is 0 Å². The van der Waals surface area contributed by atoms with Crippen molar-refractivity contribution in [2.75, 3.05) is 0 Å². The van der Waals surface area contributed by atoms with Gasteiger partial charge >= 0.3 is 0 Å². The van der Waals surface area contributed by atoms with Crippen molar-refractivity contribution >= 4 is 26.0 Å². The third-order valence-corrected chi connectivity index (χ3v) is 6.61. The number of benzene rings is 1. The van der Waals surface area contributed by atoms with E-state index in [9.17, 15) is 8.42 Å². The molecule has 3 atom stereocenters. The maximum absolute atomic E-state index is 12.5. The lowest BCUT2D eigenvalue weighted by molar-refractivity contribution is 0.390. The number of rotatable bonds is 3. The summed E-state index contributed by atoms with van der Waals surface area (Å²) in [6, 6.07) is 5.53. The van der Waals surface area contributed by atoms with Crippen molar-refractivity contribution in [3.63, 3.8) is 0 Å². The second-order valence-corrected chi connectivity index (χ2v) is 8.41. The predicted octanol–water partition coefficient (Wildman–Crippen LogP) is 3.22. The number of sulfonamides is 1. The van der Waals surface area contributed by atoms with Crippen molar-refractivity contribution in [2.24, 2.45) is 11.8 Å². The van der Waals surface area contributed by atoms with E-state index in [4.69, 9.17) is 0 Å². The van der Waals surface area contributed by atoms with Crippen LogP contribution in [-0.4, -0.2) is 14.5 Å². The molecule has 3 nitrogen and oxygen atoms in total. The molecule has 3 unspecified atom stereocenters. The lowest BCUT2D eigenvalue weighted by atomic mass is 9.96. The van der Waals surface area contributed by atoms with Crippen LogP contribution in [0.4, 0.5) is 0 Å². The smallest absolute Gasteiger partial charge is 0.208 e. The minimum Gasteiger partial charge on any atom is -0.208 e. The van der Waals surface area contributed by atoms with E-state index >= 15 is 0 Å². The quantitative estimate of drug-likeness (QED) is 0.915. The molecule has 1 N–H and O–H groups in total. The van der Waals surface area contributed by atoms with Crippen LogP contribution in [0.5, 0.6) is 0 Å². The van der Waals surface area contributed by atoms with Gasteiger partial charge in [0.05, 0.1) is 4.90 Å². The van der Waals surface area contributed by atoms with Crippen molar-refractivity contribution in [1.82, 2.24) is 4.72 Å². The Morgan fingerprint density at radius 1 is 1.26 bits per heavy atom. The van der Waals surface area contributed by atoms with Gasteiger partial charge in [-0.25, -0.2) is 13.1 Å². The molecule has 104 valence electrons. The fraction of sp³-hybridized carbons (Fsp3) is 0.571. The second-order valence-electron chi connectivity index (χ2n) is 5.81. The van der Waals surface area contributed by atoms with Crippen LogP contribution < -0.4 is 4.72 Å². The SMILES string of the molecule is Cc1ccc(Br)cc1S(=O)(=O)NC1CC2CCC1C2. The Balaban J connectivity index is 1.85. The summed E-state index contributed by atoms with van der Waals surface area (Å²) in [6.45, 7) is 1.84. The zero-order valence-electron chi connectivity index (χ0n) is 10.9. The van der Waals surface area contributed by atoms with Crippen molar-refractivity contribution in [3.8, 4) is 0 Å². The third kappa shape index (κ3) is 2.60. The molecule has 0 heterocycles. The molecular formula is C14H18BrNO2S. The fourth-order valence-corrected chi connectivity index (χ4v) is 5.62. The molecule has 2 fully saturated rings. The summed E-state index contributed by atoms with van der Waals surface area (Å²) in [6.07, 6.45) is 4.66. The standard InChI is InChI=1S/C14H18BrNO2S/c1-9-2-5-12(15)8-14(9)19(17,18)16-13-7-10-3-4-11(13)6-10/h2,5,8,10-11,13,16H,3-4,6-7H2,1H3. The van der Waals surface area contributed by atoms with Gasteiger partial charge in [0.2, 0.25) is 10.0 Å². The first kappa shape index (κ1) is 13.6. The average molecular weight is 344 g/mol. The summed E-state index contributed by atoms with van der Waals surface area (Å²) >= 11 is 3.34. The number of hydrogen-bond acceptors (Lipinski definition) is 2. The molecule has 0 aromatic heterocycles. The molecule has 2 bridgehead atoms. The second kappa shape index (κ2) is 4.86. The Hall–Kier alpha value is -0.390. The van der Waals surface area contributed by atoms with Gasteiger partial charge in [0.15, 0.2) is 0 Å². The Morgan fingerprint density at radius 2 is 2.05 bits per heavy atom. The molecule has 5 heteroatoms. The number of fused-ring (bicyclic) bond motifs is 2. The molecule has 19 heavy (non-hydrogen) atoms. The van der Waals surface area contributed by atoms with Gasteiger partial charge in [-0.2, -0.15) is 0 Å². The van der Waals surface area contributed by atoms with E-state index < -0.39 is 10.0 Å². The number of nitrogens with one attached hydrogen (secondary N) is 1. The summed E-state index contributed by atoms with van der Waals surface area (Å²) in [7, 11) is -3.40. The van der Waals surface area contributed by atoms with E-state index in [2.05, 4.69) is 20.7 Å². The molecule has 3 rings (SSSR count). The molecule has 0 amide bonds. The minimum absolute atomic E-state index is 0.141. The van der Waals surface area contributed by atoms with Crippen LogP contribution in [0.25, 0.3) is 0 Å². The molecule has 0 aliphatic heterocycles. The third-order valence-electron chi connectivity index (χ3n) is 4.48. The lowest BCUT2D eigenvalue weighted by Gasteiger charge is -2.23. The van der Waals surface area contributed by atoms with Crippen molar-refractivity contribution in [2.45, 2.75) is 43.5 Å². The zero-order valence-corrected chi connectivity index (χ0v) is 13.3. The average Bonchev–Trinajstić information content (AvgIpc) is 2.93. The summed E-state index contributed by atoms with van der Waals surface area (Å²) in [5, 5.41) is 0. The monoisotopic (exact) mass is 343 g/mol. The Labute approximate surface area is 123 Å². The van der Waals surface area contributed by atoms with E-state index in [0.717, 1.165) is 22.4 Å². The Bertz CT molecular complexity index is 599. The van der Waals surface area contributed by atoms with Gasteiger partial charge in [0.1, 0.15) is 0 Å². The van der Waals surface area contributed by atoms with Gasteiger partial charge in [0, 0.05) is 10.5 Å². The molecule has 2 aliphatic rings. The highest BCUT2D eigenvalue weighted by Gasteiger charge is 2.41. The number of hydrogen-bond donors (Lipinski definition) is 1. The molecule has 2 saturated carbocycles. The van der Waals surface area contributed by atoms with Gasteiger partial charge in [-0.1, -0.05) is 28.4 Å². The summed E-state index contributed by atoms with van der Waals surface area (Å²) in [5.41, 5.74) is 0.791. The largest absolute Gasteiger partial charge is 0.241 e. The highest BCUT2D eigenvalue weighted by molar-refractivity contribution is 9.10. The van der Waals surface area contributed by atoms with E-state index in [1.807, 2.05) is 19.1 Å². The summed E-state index contributed by atoms with van der Waals surface area (Å²) in [4.78, 5) is 0.393. The zero-order chi connectivity index (χ0) is 13.6. The fourth-order valence-electron chi connectivity index (χ4n) is 3.52. The first-order chi connectivity index (χ1) is 8.95. The molecular weight excluding hydrogens is 326 g/mol. The highest BCUT2D eigenvalue weighted by Crippen LogP contribution is 2.44. The van der Waals surface area contributed by atoms with Crippen LogP contribution in [0.15, 0.2) is 27.6 Å². The molecule has 1 aromatic rings. The Morgan fingerprint density at radius 3 is 2.68 bits per heavy atom. The van der Waals surface area contributed by atoms with Gasteiger partial charge in [-0.05, 0) is 55.7 Å². The van der Waals surface area contributed by atoms with E-state index in [1.165, 1.54) is 19.3 Å². The van der Waals surface area contributed by atoms with E-state index in [0.29, 0.717) is 10.8 Å². The van der Waals surface area contributed by atoms with Gasteiger partial charge in [-0.15, -0.1) is 0 Å². The predicted molar refractivity (Wildman–Crippen MR) is 78.4 cm³/mol. The number of halogens is 1. The van der Waals surface area contributed by atoms with Crippen LogP contribution in [0.2, 0.25) is 0 Å². The molecule has 0 saturated heterocycles. The summed E-state index contributed by atoms with van der Waals surface area (Å²) < 4.78 is 28.7. The molecule has 0 spiro atoms. The highest BCUT2D eigenvalue weighted by atomic mass is 79.9. The van der Waals surface area contributed by atoms with Gasteiger partial charge < -0.3 is 0 Å². The van der Waals surface area contributed by atoms with E-state index in [1.54, 1.807) is 6.07 Å². The topological polar surface area (TPSA) is 46.2 Å². The Kier molecular flexibility index (Phi) is 3.48. The summed E-state index contributed by atoms with van der Waals surface area (Å²) in [5.74, 6) is 1.29. The maximum Gasteiger partial charge on any atom is 0.241 e. The molecule has 2 aliphatic carbocycles. The molecule has 1 aromatic carbocycles. The van der Waals surface area contributed by atoms with Crippen LogP contribution in [0.1, 0.15) is 31.2 Å². The minimum atomic E-state index is -3.40.